The van der Waals surface area contributed by atoms with Gasteiger partial charge in [-0.25, -0.2) is 8.42 Å². The number of anilines is 2. The Morgan fingerprint density at radius 2 is 1.60 bits per heavy atom. The highest BCUT2D eigenvalue weighted by Gasteiger charge is 2.22. The zero-order valence-corrected chi connectivity index (χ0v) is 15.5. The van der Waals surface area contributed by atoms with Crippen molar-refractivity contribution in [1.82, 2.24) is 0 Å². The summed E-state index contributed by atoms with van der Waals surface area (Å²) >= 11 is 9.74. The SMILES string of the molecule is Nc1cc(Br)c(S(=O)(=O)Nc2cccc(Br)c2)c(Br)c1. The average Bonchev–Trinajstić information content (AvgIpc) is 2.25. The number of sulfonamides is 1. The summed E-state index contributed by atoms with van der Waals surface area (Å²) in [5.74, 6) is 0. The molecular formula is C12H9Br3N2O2S. The summed E-state index contributed by atoms with van der Waals surface area (Å²) in [5, 5.41) is 0. The lowest BCUT2D eigenvalue weighted by atomic mass is 10.3. The van der Waals surface area contributed by atoms with E-state index in [0.717, 1.165) is 4.47 Å². The van der Waals surface area contributed by atoms with Gasteiger partial charge in [-0.1, -0.05) is 22.0 Å². The van der Waals surface area contributed by atoms with Gasteiger partial charge in [0.25, 0.3) is 10.0 Å². The van der Waals surface area contributed by atoms with Crippen LogP contribution in [0.1, 0.15) is 0 Å². The van der Waals surface area contributed by atoms with Crippen LogP contribution in [0.25, 0.3) is 0 Å². The molecule has 0 aliphatic rings. The summed E-state index contributed by atoms with van der Waals surface area (Å²) in [7, 11) is -3.73. The van der Waals surface area contributed by atoms with Crippen LogP contribution in [0.15, 0.2) is 54.7 Å². The summed E-state index contributed by atoms with van der Waals surface area (Å²) in [6, 6.07) is 9.99. The standard InChI is InChI=1S/C12H9Br3N2O2S/c13-7-2-1-3-9(4-7)17-20(18,19)12-10(14)5-8(16)6-11(12)15/h1-6,17H,16H2. The van der Waals surface area contributed by atoms with Gasteiger partial charge in [0.2, 0.25) is 0 Å². The molecule has 4 nitrogen and oxygen atoms in total. The van der Waals surface area contributed by atoms with E-state index in [1.807, 2.05) is 6.07 Å². The van der Waals surface area contributed by atoms with Crippen molar-refractivity contribution in [3.8, 4) is 0 Å². The van der Waals surface area contributed by atoms with Gasteiger partial charge in [0.1, 0.15) is 4.90 Å². The zero-order chi connectivity index (χ0) is 14.9. The summed E-state index contributed by atoms with van der Waals surface area (Å²) in [5.41, 5.74) is 6.59. The number of benzene rings is 2. The number of hydrogen-bond donors (Lipinski definition) is 2. The van der Waals surface area contributed by atoms with E-state index in [1.165, 1.54) is 0 Å². The molecular weight excluding hydrogens is 476 g/mol. The molecule has 0 aliphatic carbocycles. The Morgan fingerprint density at radius 3 is 2.15 bits per heavy atom. The molecule has 0 saturated heterocycles. The Bertz CT molecular complexity index is 740. The minimum Gasteiger partial charge on any atom is -0.399 e. The molecule has 0 radical (unpaired) electrons. The maximum absolute atomic E-state index is 12.4. The highest BCUT2D eigenvalue weighted by Crippen LogP contribution is 2.33. The van der Waals surface area contributed by atoms with Crippen LogP contribution in [0.3, 0.4) is 0 Å². The first-order valence-corrected chi connectivity index (χ1v) is 9.19. The summed E-state index contributed by atoms with van der Waals surface area (Å²) in [6.45, 7) is 0. The zero-order valence-electron chi connectivity index (χ0n) is 9.90. The van der Waals surface area contributed by atoms with Crippen molar-refractivity contribution in [2.24, 2.45) is 0 Å². The fraction of sp³-hybridized carbons (Fsp3) is 0. The van der Waals surface area contributed by atoms with Gasteiger partial charge in [0.15, 0.2) is 0 Å². The maximum atomic E-state index is 12.4. The smallest absolute Gasteiger partial charge is 0.264 e. The Balaban J connectivity index is 2.46. The van der Waals surface area contributed by atoms with Crippen LogP contribution in [-0.2, 0) is 10.0 Å². The van der Waals surface area contributed by atoms with Crippen molar-refractivity contribution in [2.45, 2.75) is 4.90 Å². The van der Waals surface area contributed by atoms with E-state index < -0.39 is 10.0 Å². The molecule has 0 atom stereocenters. The number of nitrogens with two attached hydrogens (primary N) is 1. The molecule has 0 bridgehead atoms. The molecule has 0 aliphatic heterocycles. The number of nitrogens with one attached hydrogen (secondary N) is 1. The molecule has 8 heteroatoms. The van der Waals surface area contributed by atoms with Gasteiger partial charge in [-0.3, -0.25) is 4.72 Å². The second-order valence-electron chi connectivity index (χ2n) is 3.93. The fourth-order valence-electron chi connectivity index (χ4n) is 1.59. The van der Waals surface area contributed by atoms with Crippen LogP contribution in [0.4, 0.5) is 11.4 Å². The van der Waals surface area contributed by atoms with Crippen LogP contribution < -0.4 is 10.5 Å². The van der Waals surface area contributed by atoms with Gasteiger partial charge in [-0.15, -0.1) is 0 Å². The minimum absolute atomic E-state index is 0.103. The number of rotatable bonds is 3. The molecule has 2 aromatic carbocycles. The molecule has 0 saturated carbocycles. The fourth-order valence-corrected chi connectivity index (χ4v) is 5.66. The lowest BCUT2D eigenvalue weighted by Gasteiger charge is -2.12. The largest absolute Gasteiger partial charge is 0.399 e. The van der Waals surface area contributed by atoms with E-state index in [0.29, 0.717) is 20.3 Å². The van der Waals surface area contributed by atoms with Crippen molar-refractivity contribution in [3.63, 3.8) is 0 Å². The van der Waals surface area contributed by atoms with Crippen molar-refractivity contribution in [2.75, 3.05) is 10.5 Å². The molecule has 0 spiro atoms. The number of halogens is 3. The highest BCUT2D eigenvalue weighted by molar-refractivity contribution is 9.11. The van der Waals surface area contributed by atoms with Gasteiger partial charge in [0.05, 0.1) is 0 Å². The quantitative estimate of drug-likeness (QED) is 0.636. The van der Waals surface area contributed by atoms with Crippen LogP contribution in [0.5, 0.6) is 0 Å². The minimum atomic E-state index is -3.73. The Morgan fingerprint density at radius 1 is 1.00 bits per heavy atom. The van der Waals surface area contributed by atoms with E-state index >= 15 is 0 Å². The molecule has 106 valence electrons. The van der Waals surface area contributed by atoms with E-state index in [4.69, 9.17) is 5.73 Å². The van der Waals surface area contributed by atoms with Gasteiger partial charge < -0.3 is 5.73 Å². The predicted molar refractivity (Wildman–Crippen MR) is 91.2 cm³/mol. The first-order valence-electron chi connectivity index (χ1n) is 5.32. The van der Waals surface area contributed by atoms with E-state index in [9.17, 15) is 8.42 Å². The average molecular weight is 485 g/mol. The second kappa shape index (κ2) is 6.05. The lowest BCUT2D eigenvalue weighted by molar-refractivity contribution is 0.600. The van der Waals surface area contributed by atoms with Gasteiger partial charge in [-0.05, 0) is 62.2 Å². The Hall–Kier alpha value is -0.570. The van der Waals surface area contributed by atoms with Crippen LogP contribution in [-0.4, -0.2) is 8.42 Å². The third-order valence-corrected chi connectivity index (χ3v) is 6.12. The first kappa shape index (κ1) is 15.8. The molecule has 0 heterocycles. The topological polar surface area (TPSA) is 72.2 Å². The van der Waals surface area contributed by atoms with Crippen molar-refractivity contribution in [3.05, 3.63) is 49.8 Å². The first-order chi connectivity index (χ1) is 9.29. The van der Waals surface area contributed by atoms with Crippen LogP contribution >= 0.6 is 47.8 Å². The van der Waals surface area contributed by atoms with E-state index in [-0.39, 0.29) is 4.90 Å². The summed E-state index contributed by atoms with van der Waals surface area (Å²) in [4.78, 5) is 0.103. The molecule has 0 amide bonds. The lowest BCUT2D eigenvalue weighted by Crippen LogP contribution is -2.14. The summed E-state index contributed by atoms with van der Waals surface area (Å²) < 4.78 is 29.0. The third kappa shape index (κ3) is 3.55. The Labute approximate surface area is 142 Å². The monoisotopic (exact) mass is 482 g/mol. The van der Waals surface area contributed by atoms with Crippen molar-refractivity contribution in [1.29, 1.82) is 0 Å². The molecule has 0 fully saturated rings. The predicted octanol–water partition coefficient (Wildman–Crippen LogP) is 4.36. The van der Waals surface area contributed by atoms with Crippen LogP contribution in [0, 0.1) is 0 Å². The molecule has 0 aromatic heterocycles. The third-order valence-electron chi connectivity index (χ3n) is 2.37. The number of hydrogen-bond acceptors (Lipinski definition) is 3. The van der Waals surface area contributed by atoms with Crippen molar-refractivity contribution >= 4 is 69.2 Å². The Kier molecular flexibility index (Phi) is 4.78. The molecule has 2 aromatic rings. The van der Waals surface area contributed by atoms with Gasteiger partial charge in [0, 0.05) is 24.8 Å². The molecule has 0 unspecified atom stereocenters. The maximum Gasteiger partial charge on any atom is 0.264 e. The molecule has 2 rings (SSSR count). The van der Waals surface area contributed by atoms with Crippen LogP contribution in [0.2, 0.25) is 0 Å². The second-order valence-corrected chi connectivity index (χ2v) is 8.17. The van der Waals surface area contributed by atoms with E-state index in [2.05, 4.69) is 52.5 Å². The highest BCUT2D eigenvalue weighted by atomic mass is 79.9. The van der Waals surface area contributed by atoms with Crippen molar-refractivity contribution < 1.29 is 8.42 Å². The molecule has 3 N–H and O–H groups in total. The van der Waals surface area contributed by atoms with Gasteiger partial charge >= 0.3 is 0 Å². The molecule has 20 heavy (non-hydrogen) atoms. The van der Waals surface area contributed by atoms with E-state index in [1.54, 1.807) is 30.3 Å². The van der Waals surface area contributed by atoms with Gasteiger partial charge in [-0.2, -0.15) is 0 Å². The normalized spacial score (nSPS) is 11.3. The summed E-state index contributed by atoms with van der Waals surface area (Å²) in [6.07, 6.45) is 0. The number of nitrogen functional groups attached to an aromatic ring is 1.